The topological polar surface area (TPSA) is 58.6 Å². The van der Waals surface area contributed by atoms with Crippen molar-refractivity contribution in [3.8, 4) is 0 Å². The Labute approximate surface area is 131 Å². The van der Waals surface area contributed by atoms with Crippen LogP contribution in [0.4, 0.5) is 5.69 Å². The van der Waals surface area contributed by atoms with Gasteiger partial charge in [-0.2, -0.15) is 0 Å². The van der Waals surface area contributed by atoms with Crippen molar-refractivity contribution in [2.24, 2.45) is 0 Å². The molecule has 1 atom stereocenters. The van der Waals surface area contributed by atoms with Crippen molar-refractivity contribution in [2.45, 2.75) is 39.7 Å². The van der Waals surface area contributed by atoms with Crippen LogP contribution >= 0.6 is 0 Å². The molecule has 0 aliphatic carbocycles. The lowest BCUT2D eigenvalue weighted by molar-refractivity contribution is -0.134. The van der Waals surface area contributed by atoms with Gasteiger partial charge >= 0.3 is 0 Å². The first-order valence-electron chi connectivity index (χ1n) is 7.69. The molecule has 5 nitrogen and oxygen atoms in total. The van der Waals surface area contributed by atoms with Gasteiger partial charge in [0.25, 0.3) is 0 Å². The molecular formula is C17H24N2O3. The van der Waals surface area contributed by atoms with Crippen LogP contribution < -0.4 is 5.32 Å². The van der Waals surface area contributed by atoms with Crippen molar-refractivity contribution >= 4 is 17.5 Å². The van der Waals surface area contributed by atoms with Gasteiger partial charge in [0.2, 0.25) is 11.8 Å². The van der Waals surface area contributed by atoms with Crippen molar-refractivity contribution in [3.63, 3.8) is 0 Å². The van der Waals surface area contributed by atoms with Gasteiger partial charge in [-0.1, -0.05) is 6.07 Å². The van der Waals surface area contributed by atoms with Gasteiger partial charge in [0.05, 0.1) is 12.6 Å². The maximum absolute atomic E-state index is 12.2. The smallest absolute Gasteiger partial charge is 0.243 e. The van der Waals surface area contributed by atoms with Crippen molar-refractivity contribution in [1.29, 1.82) is 0 Å². The van der Waals surface area contributed by atoms with Crippen LogP contribution in [0, 0.1) is 13.8 Å². The Morgan fingerprint density at radius 2 is 1.95 bits per heavy atom. The number of carbonyl (C=O) groups is 2. The zero-order valence-corrected chi connectivity index (χ0v) is 13.5. The molecule has 120 valence electrons. The van der Waals surface area contributed by atoms with E-state index in [-0.39, 0.29) is 24.5 Å². The van der Waals surface area contributed by atoms with Crippen LogP contribution in [0.25, 0.3) is 0 Å². The number of anilines is 1. The van der Waals surface area contributed by atoms with Gasteiger partial charge in [0.1, 0.15) is 0 Å². The van der Waals surface area contributed by atoms with Crippen LogP contribution in [0.15, 0.2) is 18.2 Å². The van der Waals surface area contributed by atoms with E-state index in [1.807, 2.05) is 26.0 Å². The number of rotatable bonds is 5. The normalized spacial score (nSPS) is 17.3. The summed E-state index contributed by atoms with van der Waals surface area (Å²) in [6.07, 6.45) is 2.02. The number of ether oxygens (including phenoxy) is 1. The van der Waals surface area contributed by atoms with Gasteiger partial charge < -0.3 is 15.0 Å². The van der Waals surface area contributed by atoms with Crippen LogP contribution in [0.1, 0.15) is 30.9 Å². The fraction of sp³-hybridized carbons (Fsp3) is 0.529. The summed E-state index contributed by atoms with van der Waals surface area (Å²) in [5, 5.41) is 2.86. The summed E-state index contributed by atoms with van der Waals surface area (Å²) < 4.78 is 5.54. The molecule has 1 aliphatic rings. The van der Waals surface area contributed by atoms with E-state index in [1.54, 1.807) is 4.90 Å². The van der Waals surface area contributed by atoms with Crippen molar-refractivity contribution in [3.05, 3.63) is 29.3 Å². The van der Waals surface area contributed by atoms with Crippen molar-refractivity contribution in [1.82, 2.24) is 4.90 Å². The summed E-state index contributed by atoms with van der Waals surface area (Å²) in [6, 6.07) is 5.89. The first kappa shape index (κ1) is 16.5. The Morgan fingerprint density at radius 3 is 2.50 bits per heavy atom. The average molecular weight is 304 g/mol. The third-order valence-corrected chi connectivity index (χ3v) is 3.73. The lowest BCUT2D eigenvalue weighted by Gasteiger charge is -2.23. The highest BCUT2D eigenvalue weighted by atomic mass is 16.5. The quantitative estimate of drug-likeness (QED) is 0.908. The van der Waals surface area contributed by atoms with E-state index in [2.05, 4.69) is 11.4 Å². The third kappa shape index (κ3) is 4.84. The lowest BCUT2D eigenvalue weighted by Crippen LogP contribution is -2.41. The summed E-state index contributed by atoms with van der Waals surface area (Å²) in [6.45, 7) is 6.74. The standard InChI is InChI=1S/C17H24N2O3/c1-12-7-13(2)9-15(8-12)18-17(21)11-19(14(3)20)10-16-5-4-6-22-16/h7-9,16H,4-6,10-11H2,1-3H3,(H,18,21). The summed E-state index contributed by atoms with van der Waals surface area (Å²) in [4.78, 5) is 25.4. The number of hydrogen-bond acceptors (Lipinski definition) is 3. The minimum absolute atomic E-state index is 0.0536. The van der Waals surface area contributed by atoms with Crippen LogP contribution in [0.5, 0.6) is 0 Å². The first-order chi connectivity index (χ1) is 10.4. The largest absolute Gasteiger partial charge is 0.376 e. The molecule has 1 unspecified atom stereocenters. The van der Waals surface area contributed by atoms with E-state index in [9.17, 15) is 9.59 Å². The van der Waals surface area contributed by atoms with E-state index in [1.165, 1.54) is 6.92 Å². The molecule has 1 aliphatic heterocycles. The number of aryl methyl sites for hydroxylation is 2. The first-order valence-corrected chi connectivity index (χ1v) is 7.69. The van der Waals surface area contributed by atoms with Crippen LogP contribution in [0.3, 0.4) is 0 Å². The number of carbonyl (C=O) groups excluding carboxylic acids is 2. The molecular weight excluding hydrogens is 280 g/mol. The molecule has 1 saturated heterocycles. The Balaban J connectivity index is 1.93. The van der Waals surface area contributed by atoms with E-state index in [0.717, 1.165) is 36.3 Å². The molecule has 22 heavy (non-hydrogen) atoms. The minimum atomic E-state index is -0.182. The Morgan fingerprint density at radius 1 is 1.27 bits per heavy atom. The predicted molar refractivity (Wildman–Crippen MR) is 85.8 cm³/mol. The van der Waals surface area contributed by atoms with Gasteiger partial charge in [0, 0.05) is 25.8 Å². The molecule has 0 bridgehead atoms. The molecule has 0 aromatic heterocycles. The molecule has 5 heteroatoms. The lowest BCUT2D eigenvalue weighted by atomic mass is 10.1. The molecule has 0 radical (unpaired) electrons. The summed E-state index contributed by atoms with van der Waals surface area (Å²) >= 11 is 0. The summed E-state index contributed by atoms with van der Waals surface area (Å²) in [5.74, 6) is -0.288. The number of amides is 2. The fourth-order valence-electron chi connectivity index (χ4n) is 2.76. The third-order valence-electron chi connectivity index (χ3n) is 3.73. The van der Waals surface area contributed by atoms with Gasteiger partial charge in [-0.25, -0.2) is 0 Å². The van der Waals surface area contributed by atoms with Crippen LogP contribution in [-0.2, 0) is 14.3 Å². The molecule has 1 aromatic rings. The highest BCUT2D eigenvalue weighted by Crippen LogP contribution is 2.15. The van der Waals surface area contributed by atoms with E-state index < -0.39 is 0 Å². The molecule has 1 heterocycles. The van der Waals surface area contributed by atoms with E-state index in [4.69, 9.17) is 4.74 Å². The Hall–Kier alpha value is -1.88. The highest BCUT2D eigenvalue weighted by molar-refractivity contribution is 5.94. The van der Waals surface area contributed by atoms with Crippen molar-refractivity contribution < 1.29 is 14.3 Å². The highest BCUT2D eigenvalue weighted by Gasteiger charge is 2.22. The van der Waals surface area contributed by atoms with Gasteiger partial charge in [-0.15, -0.1) is 0 Å². The molecule has 1 aromatic carbocycles. The maximum Gasteiger partial charge on any atom is 0.243 e. The Bertz CT molecular complexity index is 531. The molecule has 1 fully saturated rings. The second kappa shape index (κ2) is 7.40. The zero-order valence-electron chi connectivity index (χ0n) is 13.5. The Kier molecular flexibility index (Phi) is 5.55. The second-order valence-electron chi connectivity index (χ2n) is 5.96. The SMILES string of the molecule is CC(=O)N(CC(=O)Nc1cc(C)cc(C)c1)CC1CCCO1. The van der Waals surface area contributed by atoms with Gasteiger partial charge in [0.15, 0.2) is 0 Å². The maximum atomic E-state index is 12.2. The number of hydrogen-bond donors (Lipinski definition) is 1. The van der Waals surface area contributed by atoms with Crippen LogP contribution in [0.2, 0.25) is 0 Å². The molecule has 0 saturated carbocycles. The predicted octanol–water partition coefficient (Wildman–Crippen LogP) is 2.27. The summed E-state index contributed by atoms with van der Waals surface area (Å²) in [5.41, 5.74) is 2.96. The minimum Gasteiger partial charge on any atom is -0.376 e. The van der Waals surface area contributed by atoms with Crippen molar-refractivity contribution in [2.75, 3.05) is 25.0 Å². The molecule has 0 spiro atoms. The summed E-state index contributed by atoms with van der Waals surface area (Å²) in [7, 11) is 0. The van der Waals surface area contributed by atoms with Gasteiger partial charge in [-0.3, -0.25) is 9.59 Å². The number of benzene rings is 1. The molecule has 1 N–H and O–H groups in total. The monoisotopic (exact) mass is 304 g/mol. The van der Waals surface area contributed by atoms with E-state index >= 15 is 0 Å². The zero-order chi connectivity index (χ0) is 16.1. The number of nitrogens with zero attached hydrogens (tertiary/aromatic N) is 1. The number of nitrogens with one attached hydrogen (secondary N) is 1. The van der Waals surface area contributed by atoms with Crippen LogP contribution in [-0.4, -0.2) is 42.5 Å². The fourth-order valence-corrected chi connectivity index (χ4v) is 2.76. The average Bonchev–Trinajstić information content (AvgIpc) is 2.89. The second-order valence-corrected chi connectivity index (χ2v) is 5.96. The van der Waals surface area contributed by atoms with E-state index in [0.29, 0.717) is 6.54 Å². The molecule has 2 amide bonds. The van der Waals surface area contributed by atoms with Gasteiger partial charge in [-0.05, 0) is 49.9 Å². The molecule has 2 rings (SSSR count).